The molecule has 0 heterocycles. The molecule has 0 atom stereocenters. The van der Waals surface area contributed by atoms with Gasteiger partial charge < -0.3 is 0 Å². The molecule has 0 amide bonds. The first-order valence-electron chi connectivity index (χ1n) is 4.93. The van der Waals surface area contributed by atoms with Gasteiger partial charge in [-0.15, -0.1) is 0 Å². The predicted octanol–water partition coefficient (Wildman–Crippen LogP) is 4.50. The molecule has 0 spiro atoms. The Hall–Kier alpha value is -1.45. The van der Waals surface area contributed by atoms with Crippen molar-refractivity contribution in [2.45, 2.75) is 0 Å². The van der Waals surface area contributed by atoms with E-state index in [2.05, 4.69) is 0 Å². The molecule has 5 heteroatoms. The zero-order chi connectivity index (χ0) is 13.3. The fraction of sp³-hybridized carbons (Fsp3) is 0. The van der Waals surface area contributed by atoms with Crippen LogP contribution >= 0.6 is 23.2 Å². The normalized spacial score (nSPS) is 10.4. The van der Waals surface area contributed by atoms with Crippen LogP contribution in [0.4, 0.5) is 8.78 Å². The molecule has 0 bridgehead atoms. The summed E-state index contributed by atoms with van der Waals surface area (Å²) >= 11 is 11.2. The lowest BCUT2D eigenvalue weighted by Gasteiger charge is -2.03. The van der Waals surface area contributed by atoms with E-state index < -0.39 is 17.4 Å². The molecule has 2 rings (SSSR count). The Kier molecular flexibility index (Phi) is 3.64. The number of rotatable bonds is 2. The minimum absolute atomic E-state index is 0.0858. The van der Waals surface area contributed by atoms with Crippen LogP contribution < -0.4 is 0 Å². The van der Waals surface area contributed by atoms with Crippen LogP contribution in [0.1, 0.15) is 15.9 Å². The lowest BCUT2D eigenvalue weighted by atomic mass is 10.0. The SMILES string of the molecule is O=C(c1cc(F)cc(Cl)c1)c1ccc(F)c(Cl)c1. The minimum atomic E-state index is -0.620. The topological polar surface area (TPSA) is 17.1 Å². The number of halogens is 4. The lowest BCUT2D eigenvalue weighted by Crippen LogP contribution is -2.02. The summed E-state index contributed by atoms with van der Waals surface area (Å²) in [4.78, 5) is 12.0. The van der Waals surface area contributed by atoms with E-state index in [0.29, 0.717) is 0 Å². The summed E-state index contributed by atoms with van der Waals surface area (Å²) in [6.45, 7) is 0. The van der Waals surface area contributed by atoms with E-state index in [9.17, 15) is 13.6 Å². The van der Waals surface area contributed by atoms with Crippen molar-refractivity contribution in [3.63, 3.8) is 0 Å². The van der Waals surface area contributed by atoms with Crippen molar-refractivity contribution in [3.8, 4) is 0 Å². The Morgan fingerprint density at radius 2 is 1.67 bits per heavy atom. The average molecular weight is 287 g/mol. The van der Waals surface area contributed by atoms with Gasteiger partial charge in [0, 0.05) is 16.1 Å². The van der Waals surface area contributed by atoms with E-state index >= 15 is 0 Å². The summed E-state index contributed by atoms with van der Waals surface area (Å²) < 4.78 is 26.1. The molecule has 0 aliphatic heterocycles. The average Bonchev–Trinajstić information content (AvgIpc) is 2.30. The maximum absolute atomic E-state index is 13.1. The van der Waals surface area contributed by atoms with Crippen LogP contribution in [0.25, 0.3) is 0 Å². The first-order chi connectivity index (χ1) is 8.47. The molecule has 2 aromatic carbocycles. The van der Waals surface area contributed by atoms with E-state index in [1.807, 2.05) is 0 Å². The van der Waals surface area contributed by atoms with Gasteiger partial charge in [0.15, 0.2) is 5.78 Å². The van der Waals surface area contributed by atoms with Crippen LogP contribution in [0, 0.1) is 11.6 Å². The highest BCUT2D eigenvalue weighted by Crippen LogP contribution is 2.21. The van der Waals surface area contributed by atoms with Gasteiger partial charge in [-0.1, -0.05) is 23.2 Å². The van der Waals surface area contributed by atoms with Crippen LogP contribution in [-0.4, -0.2) is 5.78 Å². The molecule has 0 saturated heterocycles. The number of carbonyl (C=O) groups excluding carboxylic acids is 1. The Balaban J connectivity index is 2.44. The number of benzene rings is 2. The minimum Gasteiger partial charge on any atom is -0.289 e. The molecule has 0 unspecified atom stereocenters. The first-order valence-corrected chi connectivity index (χ1v) is 5.69. The molecule has 1 nitrogen and oxygen atoms in total. The first kappa shape index (κ1) is 13.0. The third kappa shape index (κ3) is 2.68. The van der Waals surface area contributed by atoms with Crippen molar-refractivity contribution in [2.24, 2.45) is 0 Å². The van der Waals surface area contributed by atoms with Crippen LogP contribution in [0.3, 0.4) is 0 Å². The summed E-state index contributed by atoms with van der Waals surface area (Å²) in [5.74, 6) is -1.71. The molecule has 0 N–H and O–H groups in total. The van der Waals surface area contributed by atoms with Gasteiger partial charge in [-0.05, 0) is 36.4 Å². The maximum Gasteiger partial charge on any atom is 0.193 e. The van der Waals surface area contributed by atoms with Crippen molar-refractivity contribution in [3.05, 3.63) is 69.2 Å². The molecule has 0 aliphatic rings. The summed E-state index contributed by atoms with van der Waals surface area (Å²) in [5, 5.41) is -0.0464. The highest BCUT2D eigenvalue weighted by Gasteiger charge is 2.13. The summed E-state index contributed by atoms with van der Waals surface area (Å²) in [7, 11) is 0. The van der Waals surface area contributed by atoms with E-state index in [-0.39, 0.29) is 21.2 Å². The Labute approximate surface area is 112 Å². The molecule has 0 saturated carbocycles. The van der Waals surface area contributed by atoms with Crippen molar-refractivity contribution in [1.29, 1.82) is 0 Å². The fourth-order valence-electron chi connectivity index (χ4n) is 1.49. The lowest BCUT2D eigenvalue weighted by molar-refractivity contribution is 0.103. The fourth-order valence-corrected chi connectivity index (χ4v) is 1.89. The Morgan fingerprint density at radius 3 is 2.28 bits per heavy atom. The molecule has 0 aromatic heterocycles. The molecule has 2 aromatic rings. The van der Waals surface area contributed by atoms with Crippen LogP contribution in [-0.2, 0) is 0 Å². The van der Waals surface area contributed by atoms with Crippen molar-refractivity contribution < 1.29 is 13.6 Å². The number of ketones is 1. The molecule has 0 aliphatic carbocycles. The standard InChI is InChI=1S/C13H6Cl2F2O/c14-9-3-8(4-10(16)6-9)13(18)7-1-2-12(17)11(15)5-7/h1-6H. The monoisotopic (exact) mass is 286 g/mol. The highest BCUT2D eigenvalue weighted by molar-refractivity contribution is 6.32. The molecular formula is C13H6Cl2F2O. The quantitative estimate of drug-likeness (QED) is 0.743. The maximum atomic E-state index is 13.1. The van der Waals surface area contributed by atoms with Crippen LogP contribution in [0.5, 0.6) is 0 Å². The van der Waals surface area contributed by atoms with Gasteiger partial charge in [0.1, 0.15) is 11.6 Å². The third-order valence-corrected chi connectivity index (χ3v) is 2.81. The molecule has 0 fully saturated rings. The number of carbonyl (C=O) groups is 1. The van der Waals surface area contributed by atoms with Gasteiger partial charge in [-0.25, -0.2) is 8.78 Å². The second-order valence-electron chi connectivity index (χ2n) is 3.62. The van der Waals surface area contributed by atoms with E-state index in [4.69, 9.17) is 23.2 Å². The molecule has 18 heavy (non-hydrogen) atoms. The van der Waals surface area contributed by atoms with Gasteiger partial charge in [-0.3, -0.25) is 4.79 Å². The third-order valence-electron chi connectivity index (χ3n) is 2.31. The van der Waals surface area contributed by atoms with Gasteiger partial charge in [0.2, 0.25) is 0 Å². The Morgan fingerprint density at radius 1 is 0.944 bits per heavy atom. The number of hydrogen-bond acceptors (Lipinski definition) is 1. The predicted molar refractivity (Wildman–Crippen MR) is 66.3 cm³/mol. The molecular weight excluding hydrogens is 281 g/mol. The van der Waals surface area contributed by atoms with Crippen molar-refractivity contribution in [2.75, 3.05) is 0 Å². The van der Waals surface area contributed by atoms with Gasteiger partial charge in [0.25, 0.3) is 0 Å². The smallest absolute Gasteiger partial charge is 0.193 e. The highest BCUT2D eigenvalue weighted by atomic mass is 35.5. The molecule has 0 radical (unpaired) electrons. The second-order valence-corrected chi connectivity index (χ2v) is 4.46. The summed E-state index contributed by atoms with van der Waals surface area (Å²) in [5.41, 5.74) is 0.255. The van der Waals surface area contributed by atoms with Gasteiger partial charge >= 0.3 is 0 Å². The zero-order valence-corrected chi connectivity index (χ0v) is 10.4. The zero-order valence-electron chi connectivity index (χ0n) is 8.88. The van der Waals surface area contributed by atoms with Crippen molar-refractivity contribution >= 4 is 29.0 Å². The summed E-state index contributed by atoms with van der Waals surface area (Å²) in [6.07, 6.45) is 0. The van der Waals surface area contributed by atoms with Crippen LogP contribution in [0.2, 0.25) is 10.0 Å². The van der Waals surface area contributed by atoms with E-state index in [1.165, 1.54) is 18.2 Å². The number of hydrogen-bond donors (Lipinski definition) is 0. The second kappa shape index (κ2) is 5.04. The van der Waals surface area contributed by atoms with E-state index in [1.54, 1.807) is 0 Å². The van der Waals surface area contributed by atoms with Gasteiger partial charge in [0.05, 0.1) is 5.02 Å². The van der Waals surface area contributed by atoms with E-state index in [0.717, 1.165) is 18.2 Å². The van der Waals surface area contributed by atoms with Gasteiger partial charge in [-0.2, -0.15) is 0 Å². The largest absolute Gasteiger partial charge is 0.289 e. The summed E-state index contributed by atoms with van der Waals surface area (Å²) in [6, 6.07) is 7.04. The molecule has 92 valence electrons. The van der Waals surface area contributed by atoms with Crippen LogP contribution in [0.15, 0.2) is 36.4 Å². The Bertz CT molecular complexity index is 606. The van der Waals surface area contributed by atoms with Crippen molar-refractivity contribution in [1.82, 2.24) is 0 Å².